The van der Waals surface area contributed by atoms with E-state index in [0.717, 1.165) is 37.0 Å². The van der Waals surface area contributed by atoms with Gasteiger partial charge in [-0.1, -0.05) is 6.07 Å². The van der Waals surface area contributed by atoms with Crippen LogP contribution < -0.4 is 9.47 Å². The van der Waals surface area contributed by atoms with E-state index in [2.05, 4.69) is 0 Å². The minimum absolute atomic E-state index is 0.115. The van der Waals surface area contributed by atoms with Gasteiger partial charge >= 0.3 is 0 Å². The SMILES string of the molecule is COc1ccc(CC(=O)N(C)C2C[C@H]3CC(O)C[C@H]3C2)c(OC)c1. The van der Waals surface area contributed by atoms with Crippen molar-refractivity contribution < 1.29 is 19.4 Å². The van der Waals surface area contributed by atoms with Gasteiger partial charge in [0.25, 0.3) is 0 Å². The van der Waals surface area contributed by atoms with E-state index in [0.29, 0.717) is 30.0 Å². The van der Waals surface area contributed by atoms with Crippen LogP contribution >= 0.6 is 0 Å². The normalized spacial score (nSPS) is 28.5. The number of nitrogens with zero attached hydrogens (tertiary/aromatic N) is 1. The molecule has 0 aliphatic heterocycles. The number of amides is 1. The number of ether oxygens (including phenoxy) is 2. The quantitative estimate of drug-likeness (QED) is 0.898. The summed E-state index contributed by atoms with van der Waals surface area (Å²) in [6.07, 6.45) is 4.03. The molecule has 3 rings (SSSR count). The molecule has 2 aliphatic rings. The van der Waals surface area contributed by atoms with Crippen LogP contribution in [-0.2, 0) is 11.2 Å². The molecule has 0 spiro atoms. The minimum atomic E-state index is -0.134. The van der Waals surface area contributed by atoms with E-state index < -0.39 is 0 Å². The molecule has 0 bridgehead atoms. The number of methoxy groups -OCH3 is 2. The largest absolute Gasteiger partial charge is 0.497 e. The second-order valence-electron chi connectivity index (χ2n) is 7.13. The predicted molar refractivity (Wildman–Crippen MR) is 91.3 cm³/mol. The Kier molecular flexibility index (Phi) is 4.99. The van der Waals surface area contributed by atoms with Gasteiger partial charge in [0.2, 0.25) is 5.91 Å². The van der Waals surface area contributed by atoms with Gasteiger partial charge in [-0.05, 0) is 43.6 Å². The van der Waals surface area contributed by atoms with Gasteiger partial charge in [-0.15, -0.1) is 0 Å². The Morgan fingerprint density at radius 1 is 1.17 bits per heavy atom. The summed E-state index contributed by atoms with van der Waals surface area (Å²) in [6.45, 7) is 0. The molecule has 2 aliphatic carbocycles. The first kappa shape index (κ1) is 17.1. The van der Waals surface area contributed by atoms with Gasteiger partial charge in [-0.25, -0.2) is 0 Å². The minimum Gasteiger partial charge on any atom is -0.497 e. The fourth-order valence-electron chi connectivity index (χ4n) is 4.36. The summed E-state index contributed by atoms with van der Waals surface area (Å²) in [5.41, 5.74) is 0.878. The van der Waals surface area contributed by atoms with Crippen molar-refractivity contribution >= 4 is 5.91 Å². The highest BCUT2D eigenvalue weighted by Crippen LogP contribution is 2.45. The molecule has 2 unspecified atom stereocenters. The lowest BCUT2D eigenvalue weighted by molar-refractivity contribution is -0.131. The van der Waals surface area contributed by atoms with Gasteiger partial charge in [-0.2, -0.15) is 0 Å². The number of aliphatic hydroxyl groups excluding tert-OH is 1. The van der Waals surface area contributed by atoms with Crippen LogP contribution in [0.15, 0.2) is 18.2 Å². The van der Waals surface area contributed by atoms with E-state index in [-0.39, 0.29) is 12.0 Å². The fraction of sp³-hybridized carbons (Fsp3) is 0.632. The molecule has 0 aromatic heterocycles. The van der Waals surface area contributed by atoms with Gasteiger partial charge in [0.1, 0.15) is 11.5 Å². The molecule has 2 saturated carbocycles. The molecular formula is C19H27NO4. The molecule has 1 aromatic rings. The van der Waals surface area contributed by atoms with Crippen molar-refractivity contribution in [3.63, 3.8) is 0 Å². The van der Waals surface area contributed by atoms with Crippen LogP contribution in [0, 0.1) is 11.8 Å². The van der Waals surface area contributed by atoms with Crippen molar-refractivity contribution in [1.82, 2.24) is 4.90 Å². The van der Waals surface area contributed by atoms with E-state index in [1.165, 1.54) is 0 Å². The molecule has 4 atom stereocenters. The molecule has 132 valence electrons. The molecule has 5 heteroatoms. The van der Waals surface area contributed by atoms with E-state index in [1.807, 2.05) is 30.1 Å². The summed E-state index contributed by atoms with van der Waals surface area (Å²) >= 11 is 0. The summed E-state index contributed by atoms with van der Waals surface area (Å²) in [6, 6.07) is 5.85. The van der Waals surface area contributed by atoms with Crippen molar-refractivity contribution in [1.29, 1.82) is 0 Å². The topological polar surface area (TPSA) is 59.0 Å². The zero-order valence-corrected chi connectivity index (χ0v) is 14.7. The Bertz CT molecular complexity index is 589. The zero-order chi connectivity index (χ0) is 17.3. The third-order valence-corrected chi connectivity index (χ3v) is 5.74. The van der Waals surface area contributed by atoms with Gasteiger partial charge in [0, 0.05) is 24.7 Å². The maximum atomic E-state index is 12.7. The number of hydrogen-bond donors (Lipinski definition) is 1. The van der Waals surface area contributed by atoms with Crippen LogP contribution in [0.25, 0.3) is 0 Å². The summed E-state index contributed by atoms with van der Waals surface area (Å²) in [5.74, 6) is 2.68. The second kappa shape index (κ2) is 7.01. The molecule has 0 saturated heterocycles. The fourth-order valence-corrected chi connectivity index (χ4v) is 4.36. The number of carbonyl (C=O) groups excluding carboxylic acids is 1. The number of benzene rings is 1. The van der Waals surface area contributed by atoms with Crippen molar-refractivity contribution in [2.45, 2.75) is 44.2 Å². The third-order valence-electron chi connectivity index (χ3n) is 5.74. The molecule has 5 nitrogen and oxygen atoms in total. The predicted octanol–water partition coefficient (Wildman–Crippen LogP) is 2.25. The lowest BCUT2D eigenvalue weighted by Crippen LogP contribution is -2.37. The van der Waals surface area contributed by atoms with Crippen LogP contribution in [0.1, 0.15) is 31.2 Å². The number of carbonyl (C=O) groups is 1. The Hall–Kier alpha value is -1.75. The number of aliphatic hydroxyl groups is 1. The van der Waals surface area contributed by atoms with Crippen LogP contribution in [0.5, 0.6) is 11.5 Å². The van der Waals surface area contributed by atoms with Crippen LogP contribution in [0.4, 0.5) is 0 Å². The average Bonchev–Trinajstić information content (AvgIpc) is 3.11. The molecule has 0 heterocycles. The number of likely N-dealkylation sites (N-methyl/N-ethyl adjacent to an activating group) is 1. The molecule has 0 radical (unpaired) electrons. The summed E-state index contributed by atoms with van der Waals surface area (Å²) in [5, 5.41) is 9.76. The third kappa shape index (κ3) is 3.36. The summed E-state index contributed by atoms with van der Waals surface area (Å²) in [7, 11) is 5.12. The lowest BCUT2D eigenvalue weighted by atomic mass is 10.0. The highest BCUT2D eigenvalue weighted by atomic mass is 16.5. The Morgan fingerprint density at radius 2 is 1.83 bits per heavy atom. The number of fused-ring (bicyclic) bond motifs is 1. The first-order chi connectivity index (χ1) is 11.5. The molecule has 1 N–H and O–H groups in total. The van der Waals surface area contributed by atoms with E-state index in [4.69, 9.17) is 9.47 Å². The molecule has 24 heavy (non-hydrogen) atoms. The van der Waals surface area contributed by atoms with Crippen LogP contribution in [-0.4, -0.2) is 49.3 Å². The van der Waals surface area contributed by atoms with Crippen molar-refractivity contribution in [3.8, 4) is 11.5 Å². The van der Waals surface area contributed by atoms with E-state index >= 15 is 0 Å². The Morgan fingerprint density at radius 3 is 2.42 bits per heavy atom. The monoisotopic (exact) mass is 333 g/mol. The maximum absolute atomic E-state index is 12.7. The number of rotatable bonds is 5. The molecule has 2 fully saturated rings. The van der Waals surface area contributed by atoms with Gasteiger partial charge < -0.3 is 19.5 Å². The van der Waals surface area contributed by atoms with E-state index in [9.17, 15) is 9.90 Å². The Labute approximate surface area is 143 Å². The standard InChI is InChI=1S/C19H27NO4/c1-20(15-6-13-8-16(21)9-14(13)7-15)19(22)10-12-4-5-17(23-2)11-18(12)24-3/h4-5,11,13-16,21H,6-10H2,1-3H3/t13-,14+,15?,16?. The maximum Gasteiger partial charge on any atom is 0.227 e. The van der Waals surface area contributed by atoms with Crippen molar-refractivity contribution in [2.24, 2.45) is 11.8 Å². The Balaban J connectivity index is 1.63. The summed E-state index contributed by atoms with van der Waals surface area (Å²) in [4.78, 5) is 14.6. The molecule has 1 amide bonds. The van der Waals surface area contributed by atoms with Crippen molar-refractivity contribution in [2.75, 3.05) is 21.3 Å². The molecule has 1 aromatic carbocycles. The summed E-state index contributed by atoms with van der Waals surface area (Å²) < 4.78 is 10.6. The van der Waals surface area contributed by atoms with Gasteiger partial charge in [0.15, 0.2) is 0 Å². The average molecular weight is 333 g/mol. The zero-order valence-electron chi connectivity index (χ0n) is 14.7. The lowest BCUT2D eigenvalue weighted by Gasteiger charge is -2.26. The highest BCUT2D eigenvalue weighted by Gasteiger charge is 2.43. The molecular weight excluding hydrogens is 306 g/mol. The number of hydrogen-bond acceptors (Lipinski definition) is 4. The smallest absolute Gasteiger partial charge is 0.227 e. The van der Waals surface area contributed by atoms with Crippen LogP contribution in [0.2, 0.25) is 0 Å². The van der Waals surface area contributed by atoms with Gasteiger partial charge in [0.05, 0.1) is 26.7 Å². The van der Waals surface area contributed by atoms with Crippen molar-refractivity contribution in [3.05, 3.63) is 23.8 Å². The first-order valence-corrected chi connectivity index (χ1v) is 8.66. The second-order valence-corrected chi connectivity index (χ2v) is 7.13. The van der Waals surface area contributed by atoms with E-state index in [1.54, 1.807) is 14.2 Å². The first-order valence-electron chi connectivity index (χ1n) is 8.66. The van der Waals surface area contributed by atoms with Gasteiger partial charge in [-0.3, -0.25) is 4.79 Å². The highest BCUT2D eigenvalue weighted by molar-refractivity contribution is 5.79. The van der Waals surface area contributed by atoms with Crippen LogP contribution in [0.3, 0.4) is 0 Å².